The smallest absolute Gasteiger partial charge is 0.323 e. The lowest BCUT2D eigenvalue weighted by Gasteiger charge is -2.09. The van der Waals surface area contributed by atoms with E-state index < -0.39 is 27.2 Å². The first-order chi connectivity index (χ1) is 5.43. The fourth-order valence-corrected chi connectivity index (χ4v) is 1.41. The summed E-state index contributed by atoms with van der Waals surface area (Å²) in [6, 6.07) is -0.904. The number of hydrogen-bond donors (Lipinski definition) is 1. The number of halogens is 1. The third kappa shape index (κ3) is 3.89. The number of carbonyl (C=O) groups excluding carboxylic acids is 1. The molecule has 0 amide bonds. The topological polar surface area (TPSA) is 72.5 Å². The summed E-state index contributed by atoms with van der Waals surface area (Å²) in [5.41, 5.74) is 0. The largest absolute Gasteiger partial charge is 0.468 e. The number of sulfonamides is 1. The van der Waals surface area contributed by atoms with Crippen molar-refractivity contribution >= 4 is 27.6 Å². The SMILES string of the molecule is COC(=O)[C@H](C)NS(=O)(=O)CCl. The molecule has 0 saturated carbocycles. The van der Waals surface area contributed by atoms with E-state index in [0.29, 0.717) is 0 Å². The lowest BCUT2D eigenvalue weighted by Crippen LogP contribution is -2.39. The summed E-state index contributed by atoms with van der Waals surface area (Å²) in [6.07, 6.45) is 0. The number of esters is 1. The van der Waals surface area contributed by atoms with Crippen LogP contribution in [0.5, 0.6) is 0 Å². The van der Waals surface area contributed by atoms with Gasteiger partial charge in [-0.2, -0.15) is 0 Å². The summed E-state index contributed by atoms with van der Waals surface area (Å²) in [5, 5.41) is -0.575. The fraction of sp³-hybridized carbons (Fsp3) is 0.800. The van der Waals surface area contributed by atoms with Gasteiger partial charge in [-0.05, 0) is 6.92 Å². The number of methoxy groups -OCH3 is 1. The molecule has 0 aliphatic heterocycles. The summed E-state index contributed by atoms with van der Waals surface area (Å²) in [5.74, 6) is -0.649. The fourth-order valence-electron chi connectivity index (χ4n) is 0.526. The molecule has 0 aromatic carbocycles. The summed E-state index contributed by atoms with van der Waals surface area (Å²) in [4.78, 5) is 10.7. The van der Waals surface area contributed by atoms with Crippen LogP contribution < -0.4 is 4.72 Å². The first-order valence-corrected chi connectivity index (χ1v) is 5.25. The van der Waals surface area contributed by atoms with Crippen molar-refractivity contribution in [2.24, 2.45) is 0 Å². The van der Waals surface area contributed by atoms with Crippen LogP contribution in [0.4, 0.5) is 0 Å². The number of nitrogens with one attached hydrogen (secondary N) is 1. The summed E-state index contributed by atoms with van der Waals surface area (Å²) < 4.78 is 27.9. The quantitative estimate of drug-likeness (QED) is 0.515. The first kappa shape index (κ1) is 11.7. The van der Waals surface area contributed by atoms with Gasteiger partial charge in [0.25, 0.3) is 0 Å². The normalized spacial score (nSPS) is 13.9. The molecule has 5 nitrogen and oxygen atoms in total. The van der Waals surface area contributed by atoms with Gasteiger partial charge in [0.15, 0.2) is 0 Å². The van der Waals surface area contributed by atoms with Crippen molar-refractivity contribution in [2.75, 3.05) is 12.3 Å². The zero-order valence-corrected chi connectivity index (χ0v) is 8.28. The average molecular weight is 216 g/mol. The van der Waals surface area contributed by atoms with E-state index in [4.69, 9.17) is 11.6 Å². The maximum absolute atomic E-state index is 10.8. The molecular formula is C5H10ClNO4S. The van der Waals surface area contributed by atoms with Crippen molar-refractivity contribution in [1.29, 1.82) is 0 Å². The van der Waals surface area contributed by atoms with Gasteiger partial charge in [0.2, 0.25) is 10.0 Å². The van der Waals surface area contributed by atoms with E-state index in [-0.39, 0.29) is 0 Å². The zero-order chi connectivity index (χ0) is 9.78. The second kappa shape index (κ2) is 4.64. The predicted octanol–water partition coefficient (Wildman–Crippen LogP) is -0.336. The van der Waals surface area contributed by atoms with E-state index in [9.17, 15) is 13.2 Å². The number of hydrogen-bond acceptors (Lipinski definition) is 4. The Morgan fingerprint density at radius 1 is 1.67 bits per heavy atom. The molecule has 0 spiro atoms. The Bertz CT molecular complexity index is 250. The van der Waals surface area contributed by atoms with Gasteiger partial charge in [0.1, 0.15) is 11.3 Å². The highest BCUT2D eigenvalue weighted by Gasteiger charge is 2.19. The molecule has 0 aliphatic carbocycles. The van der Waals surface area contributed by atoms with Crippen molar-refractivity contribution in [2.45, 2.75) is 13.0 Å². The molecule has 1 N–H and O–H groups in total. The maximum Gasteiger partial charge on any atom is 0.323 e. The van der Waals surface area contributed by atoms with Gasteiger partial charge in [0.05, 0.1) is 7.11 Å². The van der Waals surface area contributed by atoms with Gasteiger partial charge in [-0.3, -0.25) is 4.79 Å². The second-order valence-corrected chi connectivity index (χ2v) is 4.42. The molecule has 0 heterocycles. The summed E-state index contributed by atoms with van der Waals surface area (Å²) in [6.45, 7) is 1.37. The molecule has 0 aromatic rings. The van der Waals surface area contributed by atoms with Crippen LogP contribution in [0.15, 0.2) is 0 Å². The van der Waals surface area contributed by atoms with E-state index in [0.717, 1.165) is 0 Å². The number of rotatable bonds is 4. The molecule has 72 valence electrons. The lowest BCUT2D eigenvalue weighted by molar-refractivity contribution is -0.142. The van der Waals surface area contributed by atoms with Crippen LogP contribution in [0.3, 0.4) is 0 Å². The van der Waals surface area contributed by atoms with E-state index in [1.54, 1.807) is 0 Å². The Labute approximate surface area is 76.1 Å². The molecule has 0 unspecified atom stereocenters. The monoisotopic (exact) mass is 215 g/mol. The van der Waals surface area contributed by atoms with Crippen LogP contribution >= 0.6 is 11.6 Å². The molecule has 0 radical (unpaired) electrons. The summed E-state index contributed by atoms with van der Waals surface area (Å²) >= 11 is 5.08. The third-order valence-corrected chi connectivity index (χ3v) is 2.92. The van der Waals surface area contributed by atoms with Crippen molar-refractivity contribution in [3.8, 4) is 0 Å². The Morgan fingerprint density at radius 3 is 2.50 bits per heavy atom. The van der Waals surface area contributed by atoms with Crippen molar-refractivity contribution in [3.05, 3.63) is 0 Å². The molecule has 7 heteroatoms. The van der Waals surface area contributed by atoms with Gasteiger partial charge in [0, 0.05) is 0 Å². The Hall–Kier alpha value is -0.330. The van der Waals surface area contributed by atoms with E-state index in [1.165, 1.54) is 14.0 Å². The zero-order valence-electron chi connectivity index (χ0n) is 6.70. The highest BCUT2D eigenvalue weighted by molar-refractivity contribution is 7.90. The van der Waals surface area contributed by atoms with Crippen LogP contribution in [0.2, 0.25) is 0 Å². The Balaban J connectivity index is 4.19. The lowest BCUT2D eigenvalue weighted by atomic mass is 10.4. The molecular weight excluding hydrogens is 206 g/mol. The van der Waals surface area contributed by atoms with Crippen LogP contribution in [0.1, 0.15) is 6.92 Å². The standard InChI is InChI=1S/C5H10ClNO4S/c1-4(5(8)11-2)7-12(9,10)3-6/h4,7H,3H2,1-2H3/t4-/m0/s1. The van der Waals surface area contributed by atoms with Gasteiger partial charge >= 0.3 is 5.97 Å². The second-order valence-electron chi connectivity index (χ2n) is 2.09. The highest BCUT2D eigenvalue weighted by Crippen LogP contribution is 1.93. The van der Waals surface area contributed by atoms with Gasteiger partial charge < -0.3 is 4.74 Å². The molecule has 0 aromatic heterocycles. The van der Waals surface area contributed by atoms with Crippen LogP contribution in [-0.2, 0) is 19.6 Å². The van der Waals surface area contributed by atoms with Crippen LogP contribution in [0.25, 0.3) is 0 Å². The van der Waals surface area contributed by atoms with Gasteiger partial charge in [-0.25, -0.2) is 13.1 Å². The highest BCUT2D eigenvalue weighted by atomic mass is 35.5. The molecule has 1 atom stereocenters. The van der Waals surface area contributed by atoms with Crippen molar-refractivity contribution in [1.82, 2.24) is 4.72 Å². The molecule has 0 rings (SSSR count). The number of alkyl halides is 1. The molecule has 0 aliphatic rings. The molecule has 0 saturated heterocycles. The van der Waals surface area contributed by atoms with E-state index >= 15 is 0 Å². The van der Waals surface area contributed by atoms with E-state index in [2.05, 4.69) is 4.74 Å². The van der Waals surface area contributed by atoms with Crippen molar-refractivity contribution in [3.63, 3.8) is 0 Å². The number of ether oxygens (including phenoxy) is 1. The predicted molar refractivity (Wildman–Crippen MR) is 44.3 cm³/mol. The molecule has 0 fully saturated rings. The Morgan fingerprint density at radius 2 is 2.17 bits per heavy atom. The van der Waals surface area contributed by atoms with Crippen molar-refractivity contribution < 1.29 is 17.9 Å². The van der Waals surface area contributed by atoms with Crippen LogP contribution in [0, 0.1) is 0 Å². The number of carbonyl (C=O) groups is 1. The van der Waals surface area contributed by atoms with E-state index in [1.807, 2.05) is 4.72 Å². The van der Waals surface area contributed by atoms with Gasteiger partial charge in [-0.1, -0.05) is 0 Å². The Kier molecular flexibility index (Phi) is 4.51. The first-order valence-electron chi connectivity index (χ1n) is 3.06. The van der Waals surface area contributed by atoms with Gasteiger partial charge in [-0.15, -0.1) is 11.6 Å². The minimum Gasteiger partial charge on any atom is -0.468 e. The van der Waals surface area contributed by atoms with Crippen LogP contribution in [-0.4, -0.2) is 32.8 Å². The summed E-state index contributed by atoms with van der Waals surface area (Å²) in [7, 11) is -2.38. The minimum atomic E-state index is -3.56. The molecule has 0 bridgehead atoms. The maximum atomic E-state index is 10.8. The molecule has 12 heavy (non-hydrogen) atoms. The average Bonchev–Trinajstić information content (AvgIpc) is 2.02. The minimum absolute atomic E-state index is 0.575. The third-order valence-electron chi connectivity index (χ3n) is 1.05.